The van der Waals surface area contributed by atoms with Crippen molar-refractivity contribution in [2.24, 2.45) is 0 Å². The van der Waals surface area contributed by atoms with Crippen molar-refractivity contribution in [2.75, 3.05) is 25.5 Å². The lowest BCUT2D eigenvalue weighted by molar-refractivity contribution is 0.0827. The molecule has 1 fully saturated rings. The van der Waals surface area contributed by atoms with Gasteiger partial charge in [-0.25, -0.2) is 4.98 Å². The van der Waals surface area contributed by atoms with Gasteiger partial charge in [0.2, 0.25) is 0 Å². The maximum absolute atomic E-state index is 11.9. The van der Waals surface area contributed by atoms with E-state index in [4.69, 9.17) is 0 Å². The molecule has 2 heterocycles. The molecule has 1 aromatic heterocycles. The summed E-state index contributed by atoms with van der Waals surface area (Å²) in [6.07, 6.45) is 3.99. The van der Waals surface area contributed by atoms with Gasteiger partial charge in [0.05, 0.1) is 11.6 Å². The highest BCUT2D eigenvalue weighted by Crippen LogP contribution is 2.34. The number of benzene rings is 1. The van der Waals surface area contributed by atoms with Crippen LogP contribution in [-0.2, 0) is 0 Å². The van der Waals surface area contributed by atoms with E-state index in [0.29, 0.717) is 11.6 Å². The summed E-state index contributed by atoms with van der Waals surface area (Å²) in [6.45, 7) is 1.01. The normalized spacial score (nSPS) is 17.5. The van der Waals surface area contributed by atoms with Crippen LogP contribution < -0.4 is 4.90 Å². The summed E-state index contributed by atoms with van der Waals surface area (Å²) < 4.78 is 0. The number of nitrogens with zero attached hydrogens (tertiary/aromatic N) is 3. The molecule has 114 valence electrons. The van der Waals surface area contributed by atoms with Gasteiger partial charge in [0.1, 0.15) is 5.82 Å². The number of hydrogen-bond donors (Lipinski definition) is 0. The van der Waals surface area contributed by atoms with E-state index in [1.807, 2.05) is 18.2 Å². The molecule has 0 N–H and O–H groups in total. The fourth-order valence-electron chi connectivity index (χ4n) is 3.00. The van der Waals surface area contributed by atoms with Crippen molar-refractivity contribution in [1.82, 2.24) is 9.88 Å². The zero-order valence-corrected chi connectivity index (χ0v) is 13.1. The van der Waals surface area contributed by atoms with Crippen molar-refractivity contribution in [3.05, 3.63) is 59.8 Å². The molecule has 0 saturated carbocycles. The van der Waals surface area contributed by atoms with Crippen LogP contribution >= 0.6 is 0 Å². The van der Waals surface area contributed by atoms with E-state index < -0.39 is 0 Å². The second kappa shape index (κ2) is 6.18. The molecule has 1 atom stereocenters. The van der Waals surface area contributed by atoms with Crippen LogP contribution in [0.25, 0.3) is 0 Å². The van der Waals surface area contributed by atoms with Gasteiger partial charge < -0.3 is 9.80 Å². The van der Waals surface area contributed by atoms with Crippen molar-refractivity contribution in [3.63, 3.8) is 0 Å². The van der Waals surface area contributed by atoms with Crippen molar-refractivity contribution >= 4 is 11.7 Å². The lowest BCUT2D eigenvalue weighted by Gasteiger charge is -2.26. The largest absolute Gasteiger partial charge is 0.350 e. The molecule has 22 heavy (non-hydrogen) atoms. The molecule has 0 bridgehead atoms. The Bertz CT molecular complexity index is 637. The van der Waals surface area contributed by atoms with Crippen LogP contribution in [-0.4, -0.2) is 36.4 Å². The molecule has 1 aliphatic heterocycles. The zero-order valence-electron chi connectivity index (χ0n) is 13.1. The van der Waals surface area contributed by atoms with Gasteiger partial charge in [-0.05, 0) is 30.5 Å². The number of pyridine rings is 1. The average Bonchev–Trinajstić information content (AvgIpc) is 3.04. The van der Waals surface area contributed by atoms with Crippen LogP contribution in [0.5, 0.6) is 0 Å². The lowest BCUT2D eigenvalue weighted by Crippen LogP contribution is -2.24. The third-order valence-corrected chi connectivity index (χ3v) is 4.13. The molecule has 1 saturated heterocycles. The summed E-state index contributed by atoms with van der Waals surface area (Å²) in [7, 11) is 3.50. The SMILES string of the molecule is CN(C)C(=O)c1ccc(N2CCCC2c2ccccc2)nc1. The first-order valence-corrected chi connectivity index (χ1v) is 7.66. The molecule has 4 heteroatoms. The van der Waals surface area contributed by atoms with E-state index in [2.05, 4.69) is 34.1 Å². The molecule has 1 unspecified atom stereocenters. The van der Waals surface area contributed by atoms with Crippen LogP contribution in [0.1, 0.15) is 34.8 Å². The van der Waals surface area contributed by atoms with Gasteiger partial charge in [-0.1, -0.05) is 30.3 Å². The Morgan fingerprint density at radius 1 is 1.18 bits per heavy atom. The van der Waals surface area contributed by atoms with Crippen LogP contribution in [0.2, 0.25) is 0 Å². The van der Waals surface area contributed by atoms with Crippen LogP contribution in [0.4, 0.5) is 5.82 Å². The van der Waals surface area contributed by atoms with Gasteiger partial charge in [0.15, 0.2) is 0 Å². The molecular weight excluding hydrogens is 274 g/mol. The van der Waals surface area contributed by atoms with Gasteiger partial charge in [0.25, 0.3) is 5.91 Å². The Hall–Kier alpha value is -2.36. The zero-order chi connectivity index (χ0) is 15.5. The quantitative estimate of drug-likeness (QED) is 0.873. The van der Waals surface area contributed by atoms with Gasteiger partial charge in [-0.3, -0.25) is 4.79 Å². The van der Waals surface area contributed by atoms with E-state index >= 15 is 0 Å². The standard InChI is InChI=1S/C18H21N3O/c1-20(2)18(22)15-10-11-17(19-13-15)21-12-6-9-16(21)14-7-4-3-5-8-14/h3-5,7-8,10-11,13,16H,6,9,12H2,1-2H3. The fourth-order valence-corrected chi connectivity index (χ4v) is 3.00. The number of anilines is 1. The van der Waals surface area contributed by atoms with E-state index in [1.54, 1.807) is 25.2 Å². The molecule has 4 nitrogen and oxygen atoms in total. The summed E-state index contributed by atoms with van der Waals surface area (Å²) in [6, 6.07) is 14.8. The third kappa shape index (κ3) is 2.82. The maximum atomic E-state index is 11.9. The van der Waals surface area contributed by atoms with E-state index in [0.717, 1.165) is 18.8 Å². The maximum Gasteiger partial charge on any atom is 0.254 e. The highest BCUT2D eigenvalue weighted by molar-refractivity contribution is 5.93. The van der Waals surface area contributed by atoms with E-state index in [9.17, 15) is 4.79 Å². The minimum atomic E-state index is -0.0138. The average molecular weight is 295 g/mol. The number of amides is 1. The molecule has 2 aromatic rings. The molecular formula is C18H21N3O. The fraction of sp³-hybridized carbons (Fsp3) is 0.333. The molecule has 3 rings (SSSR count). The Balaban J connectivity index is 1.83. The topological polar surface area (TPSA) is 36.4 Å². The third-order valence-electron chi connectivity index (χ3n) is 4.13. The van der Waals surface area contributed by atoms with Gasteiger partial charge in [0, 0.05) is 26.8 Å². The lowest BCUT2D eigenvalue weighted by atomic mass is 10.0. The van der Waals surface area contributed by atoms with Crippen LogP contribution in [0, 0.1) is 0 Å². The Morgan fingerprint density at radius 3 is 2.59 bits per heavy atom. The van der Waals surface area contributed by atoms with E-state index in [1.165, 1.54) is 12.0 Å². The number of rotatable bonds is 3. The second-order valence-corrected chi connectivity index (χ2v) is 5.87. The number of carbonyl (C=O) groups excluding carboxylic acids is 1. The van der Waals surface area contributed by atoms with Crippen molar-refractivity contribution in [2.45, 2.75) is 18.9 Å². The number of hydrogen-bond acceptors (Lipinski definition) is 3. The molecule has 1 aromatic carbocycles. The van der Waals surface area contributed by atoms with E-state index in [-0.39, 0.29) is 5.91 Å². The van der Waals surface area contributed by atoms with Crippen LogP contribution in [0.3, 0.4) is 0 Å². The molecule has 1 aliphatic rings. The smallest absolute Gasteiger partial charge is 0.254 e. The minimum Gasteiger partial charge on any atom is -0.350 e. The highest BCUT2D eigenvalue weighted by Gasteiger charge is 2.26. The number of aromatic nitrogens is 1. The van der Waals surface area contributed by atoms with Crippen molar-refractivity contribution in [1.29, 1.82) is 0 Å². The van der Waals surface area contributed by atoms with Gasteiger partial charge in [-0.15, -0.1) is 0 Å². The van der Waals surface area contributed by atoms with Gasteiger partial charge >= 0.3 is 0 Å². The Kier molecular flexibility index (Phi) is 4.09. The predicted octanol–water partition coefficient (Wildman–Crippen LogP) is 3.12. The minimum absolute atomic E-state index is 0.0138. The molecule has 0 spiro atoms. The molecule has 1 amide bonds. The summed E-state index contributed by atoms with van der Waals surface area (Å²) in [5.74, 6) is 0.932. The summed E-state index contributed by atoms with van der Waals surface area (Å²) in [5.41, 5.74) is 1.96. The summed E-state index contributed by atoms with van der Waals surface area (Å²) in [5, 5.41) is 0. The number of carbonyl (C=O) groups is 1. The monoisotopic (exact) mass is 295 g/mol. The summed E-state index contributed by atoms with van der Waals surface area (Å²) >= 11 is 0. The van der Waals surface area contributed by atoms with Crippen molar-refractivity contribution in [3.8, 4) is 0 Å². The van der Waals surface area contributed by atoms with Crippen molar-refractivity contribution < 1.29 is 4.79 Å². The Morgan fingerprint density at radius 2 is 1.95 bits per heavy atom. The van der Waals surface area contributed by atoms with Crippen LogP contribution in [0.15, 0.2) is 48.7 Å². The highest BCUT2D eigenvalue weighted by atomic mass is 16.2. The second-order valence-electron chi connectivity index (χ2n) is 5.87. The molecule has 0 radical (unpaired) electrons. The Labute approximate surface area is 131 Å². The van der Waals surface area contributed by atoms with Gasteiger partial charge in [-0.2, -0.15) is 0 Å². The first-order chi connectivity index (χ1) is 10.7. The predicted molar refractivity (Wildman–Crippen MR) is 88.0 cm³/mol. The summed E-state index contributed by atoms with van der Waals surface area (Å²) in [4.78, 5) is 20.4. The first-order valence-electron chi connectivity index (χ1n) is 7.66. The molecule has 0 aliphatic carbocycles. The first kappa shape index (κ1) is 14.6.